The number of rotatable bonds is 5. The van der Waals surface area contributed by atoms with Gasteiger partial charge in [-0.1, -0.05) is 49.8 Å². The first-order valence-electron chi connectivity index (χ1n) is 8.27. The van der Waals surface area contributed by atoms with E-state index in [0.29, 0.717) is 22.9 Å². The van der Waals surface area contributed by atoms with E-state index in [1.807, 2.05) is 0 Å². The zero-order valence-electron chi connectivity index (χ0n) is 13.5. The third-order valence-electron chi connectivity index (χ3n) is 4.39. The molecule has 7 heteroatoms. The number of nitrogens with one attached hydrogen (secondary N) is 2. The Kier molecular flexibility index (Phi) is 7.02. The SMILES string of the molecule is N[C@H](CC1CCCCC1)C(O)C(=O)NNC(=O)c1cccc(Cl)c1. The van der Waals surface area contributed by atoms with Crippen LogP contribution in [0.3, 0.4) is 0 Å². The molecule has 2 atom stereocenters. The highest BCUT2D eigenvalue weighted by molar-refractivity contribution is 6.30. The van der Waals surface area contributed by atoms with Gasteiger partial charge in [0, 0.05) is 16.6 Å². The third kappa shape index (κ3) is 5.47. The Labute approximate surface area is 146 Å². The molecule has 0 heterocycles. The van der Waals surface area contributed by atoms with E-state index in [1.165, 1.54) is 25.3 Å². The molecular formula is C17H24ClN3O3. The van der Waals surface area contributed by atoms with Crippen LogP contribution >= 0.6 is 11.6 Å². The Morgan fingerprint density at radius 2 is 1.96 bits per heavy atom. The second-order valence-electron chi connectivity index (χ2n) is 6.30. The van der Waals surface area contributed by atoms with Gasteiger partial charge in [0.15, 0.2) is 0 Å². The fourth-order valence-electron chi connectivity index (χ4n) is 3.03. The van der Waals surface area contributed by atoms with E-state index < -0.39 is 24.0 Å². The summed E-state index contributed by atoms with van der Waals surface area (Å²) < 4.78 is 0. The van der Waals surface area contributed by atoms with Gasteiger partial charge in [-0.05, 0) is 30.5 Å². The van der Waals surface area contributed by atoms with Crippen LogP contribution in [0.1, 0.15) is 48.9 Å². The van der Waals surface area contributed by atoms with Crippen molar-refractivity contribution in [2.45, 2.75) is 50.7 Å². The summed E-state index contributed by atoms with van der Waals surface area (Å²) in [5.74, 6) is -0.773. The summed E-state index contributed by atoms with van der Waals surface area (Å²) in [7, 11) is 0. The van der Waals surface area contributed by atoms with Crippen LogP contribution in [0.2, 0.25) is 5.02 Å². The average Bonchev–Trinajstić information content (AvgIpc) is 2.59. The lowest BCUT2D eigenvalue weighted by Crippen LogP contribution is -2.52. The Morgan fingerprint density at radius 1 is 1.25 bits per heavy atom. The molecule has 0 aliphatic heterocycles. The van der Waals surface area contributed by atoms with Crippen LogP contribution in [0, 0.1) is 5.92 Å². The number of halogens is 1. The zero-order valence-corrected chi connectivity index (χ0v) is 14.3. The predicted octanol–water partition coefficient (Wildman–Crippen LogP) is 1.76. The van der Waals surface area contributed by atoms with Gasteiger partial charge in [-0.3, -0.25) is 20.4 Å². The standard InChI is InChI=1S/C17H24ClN3O3/c18-13-8-4-7-12(10-13)16(23)20-21-17(24)15(22)14(19)9-11-5-2-1-3-6-11/h4,7-8,10-11,14-15,22H,1-3,5-6,9,19H2,(H,20,23)(H,21,24)/t14-,15?/m1/s1. The van der Waals surface area contributed by atoms with Crippen LogP contribution in [0.5, 0.6) is 0 Å². The fourth-order valence-corrected chi connectivity index (χ4v) is 3.22. The summed E-state index contributed by atoms with van der Waals surface area (Å²) in [5, 5.41) is 10.5. The number of hydrogen-bond acceptors (Lipinski definition) is 4. The summed E-state index contributed by atoms with van der Waals surface area (Å²) in [5.41, 5.74) is 10.7. The molecule has 1 aromatic carbocycles. The first-order valence-corrected chi connectivity index (χ1v) is 8.64. The summed E-state index contributed by atoms with van der Waals surface area (Å²) in [6, 6.07) is 5.68. The number of nitrogens with two attached hydrogens (primary N) is 1. The number of amides is 2. The Morgan fingerprint density at radius 3 is 2.62 bits per heavy atom. The van der Waals surface area contributed by atoms with Crippen molar-refractivity contribution < 1.29 is 14.7 Å². The average molecular weight is 354 g/mol. The van der Waals surface area contributed by atoms with Gasteiger partial charge in [0.05, 0.1) is 0 Å². The molecule has 1 aromatic rings. The fraction of sp³-hybridized carbons (Fsp3) is 0.529. The van der Waals surface area contributed by atoms with E-state index >= 15 is 0 Å². The molecular weight excluding hydrogens is 330 g/mol. The molecule has 6 nitrogen and oxygen atoms in total. The van der Waals surface area contributed by atoms with E-state index in [-0.39, 0.29) is 0 Å². The van der Waals surface area contributed by atoms with Gasteiger partial charge in [-0.25, -0.2) is 0 Å². The molecule has 0 aromatic heterocycles. The lowest BCUT2D eigenvalue weighted by molar-refractivity contribution is -0.131. The minimum Gasteiger partial charge on any atom is -0.382 e. The molecule has 0 bridgehead atoms. The maximum absolute atomic E-state index is 11.9. The second kappa shape index (κ2) is 9.01. The van der Waals surface area contributed by atoms with E-state index in [1.54, 1.807) is 18.2 Å². The normalized spacial score (nSPS) is 17.8. The van der Waals surface area contributed by atoms with Gasteiger partial charge < -0.3 is 10.8 Å². The number of hydrazine groups is 1. The van der Waals surface area contributed by atoms with Crippen LogP contribution in [0.4, 0.5) is 0 Å². The highest BCUT2D eigenvalue weighted by Gasteiger charge is 2.26. The molecule has 1 unspecified atom stereocenters. The first-order chi connectivity index (χ1) is 11.5. The molecule has 5 N–H and O–H groups in total. The summed E-state index contributed by atoms with van der Waals surface area (Å²) >= 11 is 5.81. The van der Waals surface area contributed by atoms with E-state index in [2.05, 4.69) is 10.9 Å². The smallest absolute Gasteiger partial charge is 0.269 e. The van der Waals surface area contributed by atoms with Crippen LogP contribution in [0.25, 0.3) is 0 Å². The zero-order chi connectivity index (χ0) is 17.5. The van der Waals surface area contributed by atoms with Crippen molar-refractivity contribution in [3.05, 3.63) is 34.9 Å². The van der Waals surface area contributed by atoms with Gasteiger partial charge >= 0.3 is 0 Å². The molecule has 132 valence electrons. The quantitative estimate of drug-likeness (QED) is 0.605. The van der Waals surface area contributed by atoms with E-state index in [0.717, 1.165) is 12.8 Å². The number of aliphatic hydroxyl groups is 1. The molecule has 0 radical (unpaired) electrons. The maximum Gasteiger partial charge on any atom is 0.269 e. The van der Waals surface area contributed by atoms with Crippen LogP contribution in [-0.2, 0) is 4.79 Å². The minimum atomic E-state index is -1.36. The molecule has 1 aliphatic rings. The molecule has 0 spiro atoms. The van der Waals surface area contributed by atoms with Crippen LogP contribution in [0.15, 0.2) is 24.3 Å². The topological polar surface area (TPSA) is 104 Å². The van der Waals surface area contributed by atoms with Gasteiger partial charge in [0.2, 0.25) is 0 Å². The summed E-state index contributed by atoms with van der Waals surface area (Å²) in [4.78, 5) is 23.9. The summed E-state index contributed by atoms with van der Waals surface area (Å²) in [6.45, 7) is 0. The number of carbonyl (C=O) groups excluding carboxylic acids is 2. The number of benzene rings is 1. The summed E-state index contributed by atoms with van der Waals surface area (Å²) in [6.07, 6.45) is 5.03. The minimum absolute atomic E-state index is 0.309. The first kappa shape index (κ1) is 18.7. The van der Waals surface area contributed by atoms with Gasteiger partial charge in [-0.2, -0.15) is 0 Å². The van der Waals surface area contributed by atoms with Gasteiger partial charge in [0.1, 0.15) is 6.10 Å². The van der Waals surface area contributed by atoms with Crippen molar-refractivity contribution in [3.8, 4) is 0 Å². The van der Waals surface area contributed by atoms with E-state index in [9.17, 15) is 14.7 Å². The van der Waals surface area contributed by atoms with Crippen LogP contribution < -0.4 is 16.6 Å². The molecule has 2 rings (SSSR count). The molecule has 1 saturated carbocycles. The monoisotopic (exact) mass is 353 g/mol. The van der Waals surface area contributed by atoms with Crippen molar-refractivity contribution in [2.75, 3.05) is 0 Å². The van der Waals surface area contributed by atoms with Crippen molar-refractivity contribution in [1.29, 1.82) is 0 Å². The predicted molar refractivity (Wildman–Crippen MR) is 92.2 cm³/mol. The van der Waals surface area contributed by atoms with Crippen LogP contribution in [-0.4, -0.2) is 29.1 Å². The van der Waals surface area contributed by atoms with Crippen molar-refractivity contribution in [2.24, 2.45) is 11.7 Å². The van der Waals surface area contributed by atoms with Gasteiger partial charge in [0.25, 0.3) is 11.8 Å². The van der Waals surface area contributed by atoms with Crippen molar-refractivity contribution in [1.82, 2.24) is 10.9 Å². The Balaban J connectivity index is 1.79. The molecule has 0 saturated heterocycles. The number of hydrogen-bond donors (Lipinski definition) is 4. The second-order valence-corrected chi connectivity index (χ2v) is 6.74. The lowest BCUT2D eigenvalue weighted by atomic mass is 9.84. The number of carbonyl (C=O) groups is 2. The number of aliphatic hydroxyl groups excluding tert-OH is 1. The lowest BCUT2D eigenvalue weighted by Gasteiger charge is -2.26. The highest BCUT2D eigenvalue weighted by Crippen LogP contribution is 2.27. The Hall–Kier alpha value is -1.63. The van der Waals surface area contributed by atoms with E-state index in [4.69, 9.17) is 17.3 Å². The maximum atomic E-state index is 11.9. The molecule has 24 heavy (non-hydrogen) atoms. The molecule has 1 fully saturated rings. The molecule has 2 amide bonds. The molecule has 1 aliphatic carbocycles. The third-order valence-corrected chi connectivity index (χ3v) is 4.63. The Bertz CT molecular complexity index is 576. The largest absolute Gasteiger partial charge is 0.382 e. The highest BCUT2D eigenvalue weighted by atomic mass is 35.5. The van der Waals surface area contributed by atoms with Crippen molar-refractivity contribution in [3.63, 3.8) is 0 Å². The van der Waals surface area contributed by atoms with Gasteiger partial charge in [-0.15, -0.1) is 0 Å². The van der Waals surface area contributed by atoms with Crippen molar-refractivity contribution >= 4 is 23.4 Å².